The Kier molecular flexibility index (Phi) is 6.03. The molecule has 0 unspecified atom stereocenters. The molecule has 0 spiro atoms. The molecule has 1 fully saturated rings. The molecule has 23 heavy (non-hydrogen) atoms. The zero-order chi connectivity index (χ0) is 16.7. The van der Waals surface area contributed by atoms with Crippen molar-refractivity contribution in [2.75, 3.05) is 11.9 Å². The van der Waals surface area contributed by atoms with Gasteiger partial charge in [0.2, 0.25) is 0 Å². The molecule has 0 saturated heterocycles. The number of nitrogens with one attached hydrogen (secondary N) is 1. The van der Waals surface area contributed by atoms with E-state index in [1.165, 1.54) is 30.9 Å². The maximum Gasteiger partial charge on any atom is 0.330 e. The van der Waals surface area contributed by atoms with Crippen molar-refractivity contribution < 1.29 is 9.53 Å². The summed E-state index contributed by atoms with van der Waals surface area (Å²) in [4.78, 5) is 11.3. The van der Waals surface area contributed by atoms with Gasteiger partial charge in [0.25, 0.3) is 0 Å². The van der Waals surface area contributed by atoms with Crippen LogP contribution in [-0.4, -0.2) is 18.1 Å². The quantitative estimate of drug-likeness (QED) is 0.458. The number of hydrogen-bond donors (Lipinski definition) is 1. The van der Waals surface area contributed by atoms with Crippen molar-refractivity contribution in [1.82, 2.24) is 0 Å². The van der Waals surface area contributed by atoms with Gasteiger partial charge in [-0.3, -0.25) is 0 Å². The van der Waals surface area contributed by atoms with E-state index in [4.69, 9.17) is 4.74 Å². The van der Waals surface area contributed by atoms with Gasteiger partial charge in [-0.2, -0.15) is 0 Å². The second kappa shape index (κ2) is 8.00. The Hall–Kier alpha value is -2.03. The molecular weight excluding hydrogens is 286 g/mol. The van der Waals surface area contributed by atoms with Crippen LogP contribution in [-0.2, 0) is 9.53 Å². The molecule has 3 nitrogen and oxygen atoms in total. The first kappa shape index (κ1) is 17.3. The van der Waals surface area contributed by atoms with Crippen molar-refractivity contribution >= 4 is 17.7 Å². The molecule has 2 rings (SSSR count). The zero-order valence-electron chi connectivity index (χ0n) is 14.2. The van der Waals surface area contributed by atoms with Gasteiger partial charge in [-0.1, -0.05) is 43.5 Å². The highest BCUT2D eigenvalue weighted by Crippen LogP contribution is 2.36. The molecule has 1 aromatic carbocycles. The van der Waals surface area contributed by atoms with Gasteiger partial charge in [-0.25, -0.2) is 4.79 Å². The fraction of sp³-hybridized carbons (Fsp3) is 0.450. The molecule has 0 amide bonds. The summed E-state index contributed by atoms with van der Waals surface area (Å²) in [6, 6.07) is 8.13. The van der Waals surface area contributed by atoms with E-state index in [0.717, 1.165) is 24.1 Å². The van der Waals surface area contributed by atoms with Crippen LogP contribution in [0.5, 0.6) is 0 Å². The maximum absolute atomic E-state index is 11.3. The van der Waals surface area contributed by atoms with E-state index < -0.39 is 0 Å². The molecule has 1 aromatic rings. The SMILES string of the molecule is C=C(C)C1(Nc2ccc(C=CC(=O)OCC)cc2)CCCCC1. The highest BCUT2D eigenvalue weighted by molar-refractivity contribution is 5.87. The molecule has 0 atom stereocenters. The van der Waals surface area contributed by atoms with E-state index in [1.54, 1.807) is 13.0 Å². The predicted molar refractivity (Wildman–Crippen MR) is 96.4 cm³/mol. The maximum atomic E-state index is 11.3. The molecule has 124 valence electrons. The topological polar surface area (TPSA) is 38.3 Å². The van der Waals surface area contributed by atoms with Crippen LogP contribution in [0.1, 0.15) is 51.5 Å². The second-order valence-corrected chi connectivity index (χ2v) is 6.26. The Labute approximate surface area is 139 Å². The number of benzene rings is 1. The van der Waals surface area contributed by atoms with E-state index in [-0.39, 0.29) is 11.5 Å². The van der Waals surface area contributed by atoms with Gasteiger partial charge in [-0.15, -0.1) is 0 Å². The molecule has 0 heterocycles. The predicted octanol–water partition coefficient (Wildman–Crippen LogP) is 4.95. The lowest BCUT2D eigenvalue weighted by Gasteiger charge is -2.40. The number of anilines is 1. The summed E-state index contributed by atoms with van der Waals surface area (Å²) in [7, 11) is 0. The molecule has 0 aromatic heterocycles. The van der Waals surface area contributed by atoms with Crippen LogP contribution in [0.2, 0.25) is 0 Å². The minimum Gasteiger partial charge on any atom is -0.463 e. The van der Waals surface area contributed by atoms with Crippen LogP contribution in [0.3, 0.4) is 0 Å². The zero-order valence-corrected chi connectivity index (χ0v) is 14.2. The number of esters is 1. The summed E-state index contributed by atoms with van der Waals surface area (Å²) in [5.74, 6) is -0.307. The van der Waals surface area contributed by atoms with Crippen LogP contribution in [0.15, 0.2) is 42.5 Å². The van der Waals surface area contributed by atoms with Gasteiger partial charge in [0.15, 0.2) is 0 Å². The Bertz CT molecular complexity index is 566. The van der Waals surface area contributed by atoms with Crippen molar-refractivity contribution in [2.24, 2.45) is 0 Å². The average molecular weight is 313 g/mol. The number of ether oxygens (including phenoxy) is 1. The van der Waals surface area contributed by atoms with E-state index in [2.05, 4.69) is 31.0 Å². The molecule has 0 bridgehead atoms. The highest BCUT2D eigenvalue weighted by Gasteiger charge is 2.32. The van der Waals surface area contributed by atoms with Crippen LogP contribution in [0.4, 0.5) is 5.69 Å². The van der Waals surface area contributed by atoms with Crippen LogP contribution in [0, 0.1) is 0 Å². The Balaban J connectivity index is 2.04. The molecule has 1 aliphatic rings. The first-order valence-electron chi connectivity index (χ1n) is 8.45. The van der Waals surface area contributed by atoms with Gasteiger partial charge in [0.1, 0.15) is 0 Å². The van der Waals surface area contributed by atoms with Crippen molar-refractivity contribution in [3.05, 3.63) is 48.1 Å². The number of carbonyl (C=O) groups excluding carboxylic acids is 1. The Morgan fingerprint density at radius 3 is 2.48 bits per heavy atom. The number of hydrogen-bond acceptors (Lipinski definition) is 3. The molecule has 1 aliphatic carbocycles. The molecule has 3 heteroatoms. The van der Waals surface area contributed by atoms with E-state index >= 15 is 0 Å². The lowest BCUT2D eigenvalue weighted by Crippen LogP contribution is -2.41. The van der Waals surface area contributed by atoms with Gasteiger partial charge in [0, 0.05) is 11.8 Å². The summed E-state index contributed by atoms with van der Waals surface area (Å²) < 4.78 is 4.88. The van der Waals surface area contributed by atoms with Gasteiger partial charge < -0.3 is 10.1 Å². The van der Waals surface area contributed by atoms with Crippen LogP contribution < -0.4 is 5.32 Å². The Morgan fingerprint density at radius 1 is 1.26 bits per heavy atom. The minimum atomic E-state index is -0.307. The summed E-state index contributed by atoms with van der Waals surface area (Å²) in [5.41, 5.74) is 3.32. The molecule has 0 radical (unpaired) electrons. The first-order valence-corrected chi connectivity index (χ1v) is 8.45. The van der Waals surface area contributed by atoms with Crippen molar-refractivity contribution in [1.29, 1.82) is 0 Å². The summed E-state index contributed by atoms with van der Waals surface area (Å²) in [5, 5.41) is 3.69. The third kappa shape index (κ3) is 4.72. The highest BCUT2D eigenvalue weighted by atomic mass is 16.5. The second-order valence-electron chi connectivity index (χ2n) is 6.26. The van der Waals surface area contributed by atoms with E-state index in [1.807, 2.05) is 12.1 Å². The smallest absolute Gasteiger partial charge is 0.330 e. The summed E-state index contributed by atoms with van der Waals surface area (Å²) in [6.07, 6.45) is 9.34. The third-order valence-corrected chi connectivity index (χ3v) is 4.52. The van der Waals surface area contributed by atoms with Crippen molar-refractivity contribution in [3.63, 3.8) is 0 Å². The van der Waals surface area contributed by atoms with Crippen LogP contribution >= 0.6 is 0 Å². The van der Waals surface area contributed by atoms with Crippen molar-refractivity contribution in [3.8, 4) is 0 Å². The Morgan fingerprint density at radius 2 is 1.91 bits per heavy atom. The molecule has 1 N–H and O–H groups in total. The van der Waals surface area contributed by atoms with Gasteiger partial charge in [-0.05, 0) is 50.5 Å². The standard InChI is InChI=1S/C20H27NO2/c1-4-23-19(22)13-10-17-8-11-18(12-9-17)21-20(16(2)3)14-6-5-7-15-20/h8-13,21H,2,4-7,14-15H2,1,3H3. The van der Waals surface area contributed by atoms with Crippen molar-refractivity contribution in [2.45, 2.75) is 51.5 Å². The lowest BCUT2D eigenvalue weighted by atomic mass is 9.77. The fourth-order valence-electron chi connectivity index (χ4n) is 3.12. The summed E-state index contributed by atoms with van der Waals surface area (Å²) in [6.45, 7) is 8.52. The van der Waals surface area contributed by atoms with Gasteiger partial charge >= 0.3 is 5.97 Å². The first-order chi connectivity index (χ1) is 11.1. The van der Waals surface area contributed by atoms with E-state index in [9.17, 15) is 4.79 Å². The van der Waals surface area contributed by atoms with Crippen LogP contribution in [0.25, 0.3) is 6.08 Å². The fourth-order valence-corrected chi connectivity index (χ4v) is 3.12. The minimum absolute atomic E-state index is 0.0283. The summed E-state index contributed by atoms with van der Waals surface area (Å²) >= 11 is 0. The monoisotopic (exact) mass is 313 g/mol. The van der Waals surface area contributed by atoms with Gasteiger partial charge in [0.05, 0.1) is 12.1 Å². The molecule has 0 aliphatic heterocycles. The molecular formula is C20H27NO2. The van der Waals surface area contributed by atoms with E-state index in [0.29, 0.717) is 6.61 Å². The number of carbonyl (C=O) groups is 1. The largest absolute Gasteiger partial charge is 0.463 e. The normalized spacial score (nSPS) is 17.0. The molecule has 1 saturated carbocycles. The average Bonchev–Trinajstić information content (AvgIpc) is 2.55. The number of rotatable bonds is 6. The third-order valence-electron chi connectivity index (χ3n) is 4.52. The lowest BCUT2D eigenvalue weighted by molar-refractivity contribution is -0.137.